The number of aryl methyl sites for hydroxylation is 1. The first kappa shape index (κ1) is 16.6. The number of carbonyl (C=O) groups is 1. The number of fused-ring (bicyclic) bond motifs is 3. The van der Waals surface area contributed by atoms with Crippen molar-refractivity contribution < 1.29 is 4.79 Å². The number of para-hydroxylation sites is 1. The molecule has 2 unspecified atom stereocenters. The van der Waals surface area contributed by atoms with Gasteiger partial charge in [-0.1, -0.05) is 19.1 Å². The summed E-state index contributed by atoms with van der Waals surface area (Å²) in [7, 11) is 2.16. The zero-order valence-electron chi connectivity index (χ0n) is 15.6. The first-order valence-electron chi connectivity index (χ1n) is 9.67. The second-order valence-electron chi connectivity index (χ2n) is 8.11. The van der Waals surface area contributed by atoms with E-state index < -0.39 is 0 Å². The van der Waals surface area contributed by atoms with Gasteiger partial charge in [0.1, 0.15) is 0 Å². The van der Waals surface area contributed by atoms with Crippen LogP contribution in [-0.2, 0) is 12.8 Å². The Kier molecular flexibility index (Phi) is 4.32. The molecule has 2 aromatic rings. The van der Waals surface area contributed by atoms with E-state index in [0.29, 0.717) is 18.6 Å². The Labute approximate surface area is 150 Å². The number of aromatic amines is 1. The van der Waals surface area contributed by atoms with E-state index in [-0.39, 0.29) is 5.91 Å². The molecule has 1 aromatic carbocycles. The summed E-state index contributed by atoms with van der Waals surface area (Å²) in [6.07, 6.45) is 6.02. The van der Waals surface area contributed by atoms with Crippen LogP contribution in [0.1, 0.15) is 54.7 Å². The van der Waals surface area contributed by atoms with Crippen molar-refractivity contribution in [2.75, 3.05) is 13.6 Å². The van der Waals surface area contributed by atoms with Crippen molar-refractivity contribution in [2.45, 2.75) is 58.0 Å². The van der Waals surface area contributed by atoms with Gasteiger partial charge in [-0.15, -0.1) is 0 Å². The first-order chi connectivity index (χ1) is 12.0. The molecule has 25 heavy (non-hydrogen) atoms. The SMILES string of the molecule is CC1CCc2[nH]c3c(C(=O)NCC(C)N(C)C4CC4)cccc3c2C1. The second kappa shape index (κ2) is 6.49. The molecule has 4 nitrogen and oxygen atoms in total. The molecule has 1 amide bonds. The van der Waals surface area contributed by atoms with Crippen molar-refractivity contribution in [3.63, 3.8) is 0 Å². The average molecular weight is 339 g/mol. The smallest absolute Gasteiger partial charge is 0.253 e. The van der Waals surface area contributed by atoms with Crippen LogP contribution in [0.3, 0.4) is 0 Å². The summed E-state index contributed by atoms with van der Waals surface area (Å²) >= 11 is 0. The Balaban J connectivity index is 1.53. The van der Waals surface area contributed by atoms with Crippen LogP contribution in [0, 0.1) is 5.92 Å². The van der Waals surface area contributed by atoms with Gasteiger partial charge in [0.15, 0.2) is 0 Å². The van der Waals surface area contributed by atoms with Gasteiger partial charge in [-0.25, -0.2) is 0 Å². The number of H-pyrrole nitrogens is 1. The fourth-order valence-corrected chi connectivity index (χ4v) is 4.13. The molecule has 2 aliphatic carbocycles. The summed E-state index contributed by atoms with van der Waals surface area (Å²) < 4.78 is 0. The molecule has 4 heteroatoms. The van der Waals surface area contributed by atoms with Crippen molar-refractivity contribution in [3.8, 4) is 0 Å². The summed E-state index contributed by atoms with van der Waals surface area (Å²) in [6.45, 7) is 5.20. The van der Waals surface area contributed by atoms with Crippen molar-refractivity contribution in [1.82, 2.24) is 15.2 Å². The van der Waals surface area contributed by atoms with Gasteiger partial charge in [0, 0.05) is 29.7 Å². The van der Waals surface area contributed by atoms with Gasteiger partial charge in [0.05, 0.1) is 11.1 Å². The minimum atomic E-state index is 0.0355. The normalized spacial score (nSPS) is 21.4. The van der Waals surface area contributed by atoms with E-state index in [4.69, 9.17) is 0 Å². The Hall–Kier alpha value is -1.81. The lowest BCUT2D eigenvalue weighted by Gasteiger charge is -2.24. The minimum Gasteiger partial charge on any atom is -0.358 e. The standard InChI is InChI=1S/C21H29N3O/c1-13-7-10-19-18(11-13)16-5-4-6-17(20(16)23-19)21(25)22-12-14(2)24(3)15-8-9-15/h4-6,13-15,23H,7-12H2,1-3H3,(H,22,25). The van der Waals surface area contributed by atoms with Crippen LogP contribution in [-0.4, -0.2) is 41.5 Å². The quantitative estimate of drug-likeness (QED) is 0.876. The van der Waals surface area contributed by atoms with Crippen LogP contribution in [0.25, 0.3) is 10.9 Å². The summed E-state index contributed by atoms with van der Waals surface area (Å²) in [5, 5.41) is 4.38. The number of benzene rings is 1. The van der Waals surface area contributed by atoms with Gasteiger partial charge in [-0.3, -0.25) is 9.69 Å². The number of likely N-dealkylation sites (N-methyl/N-ethyl adjacent to an activating group) is 1. The zero-order valence-corrected chi connectivity index (χ0v) is 15.6. The third-order valence-corrected chi connectivity index (χ3v) is 6.09. The third-order valence-electron chi connectivity index (χ3n) is 6.09. The van der Waals surface area contributed by atoms with Crippen molar-refractivity contribution >= 4 is 16.8 Å². The van der Waals surface area contributed by atoms with E-state index in [1.54, 1.807) is 0 Å². The largest absolute Gasteiger partial charge is 0.358 e. The first-order valence-corrected chi connectivity index (χ1v) is 9.67. The molecule has 1 heterocycles. The van der Waals surface area contributed by atoms with Crippen LogP contribution in [0.2, 0.25) is 0 Å². The number of hydrogen-bond acceptors (Lipinski definition) is 2. The lowest BCUT2D eigenvalue weighted by molar-refractivity contribution is 0.0941. The molecule has 0 saturated heterocycles. The van der Waals surface area contributed by atoms with Crippen LogP contribution < -0.4 is 5.32 Å². The minimum absolute atomic E-state index is 0.0355. The van der Waals surface area contributed by atoms with Crippen molar-refractivity contribution in [1.29, 1.82) is 0 Å². The fourth-order valence-electron chi connectivity index (χ4n) is 4.13. The van der Waals surface area contributed by atoms with Gasteiger partial charge in [0.25, 0.3) is 5.91 Å². The van der Waals surface area contributed by atoms with Gasteiger partial charge in [-0.05, 0) is 63.6 Å². The molecule has 2 aliphatic rings. The maximum absolute atomic E-state index is 12.8. The highest BCUT2D eigenvalue weighted by Crippen LogP contribution is 2.33. The number of nitrogens with zero attached hydrogens (tertiary/aromatic N) is 1. The lowest BCUT2D eigenvalue weighted by Crippen LogP contribution is -2.41. The zero-order chi connectivity index (χ0) is 17.6. The molecule has 2 atom stereocenters. The Morgan fingerprint density at radius 2 is 2.16 bits per heavy atom. The summed E-state index contributed by atoms with van der Waals surface area (Å²) in [5.41, 5.74) is 4.54. The van der Waals surface area contributed by atoms with Gasteiger partial charge >= 0.3 is 0 Å². The molecule has 0 spiro atoms. The van der Waals surface area contributed by atoms with Crippen LogP contribution in [0.5, 0.6) is 0 Å². The summed E-state index contributed by atoms with van der Waals surface area (Å²) in [6, 6.07) is 7.20. The molecular weight excluding hydrogens is 310 g/mol. The second-order valence-corrected chi connectivity index (χ2v) is 8.11. The molecule has 0 aliphatic heterocycles. The Morgan fingerprint density at radius 3 is 2.92 bits per heavy atom. The number of aromatic nitrogens is 1. The number of rotatable bonds is 5. The molecule has 1 saturated carbocycles. The highest BCUT2D eigenvalue weighted by Gasteiger charge is 2.29. The van der Waals surface area contributed by atoms with E-state index in [9.17, 15) is 4.79 Å². The fraction of sp³-hybridized carbons (Fsp3) is 0.571. The lowest BCUT2D eigenvalue weighted by atomic mass is 9.87. The Morgan fingerprint density at radius 1 is 1.36 bits per heavy atom. The number of amides is 1. The van der Waals surface area contributed by atoms with E-state index in [1.165, 1.54) is 35.9 Å². The van der Waals surface area contributed by atoms with E-state index in [0.717, 1.165) is 29.8 Å². The highest BCUT2D eigenvalue weighted by atomic mass is 16.1. The molecule has 0 radical (unpaired) electrons. The van der Waals surface area contributed by atoms with E-state index >= 15 is 0 Å². The third kappa shape index (κ3) is 3.20. The average Bonchev–Trinajstić information content (AvgIpc) is 3.40. The number of nitrogens with one attached hydrogen (secondary N) is 2. The summed E-state index contributed by atoms with van der Waals surface area (Å²) in [5.74, 6) is 0.760. The van der Waals surface area contributed by atoms with Crippen LogP contribution in [0.15, 0.2) is 18.2 Å². The number of carbonyl (C=O) groups excluding carboxylic acids is 1. The molecule has 4 rings (SSSR count). The maximum atomic E-state index is 12.8. The van der Waals surface area contributed by atoms with Crippen molar-refractivity contribution in [2.24, 2.45) is 5.92 Å². The topological polar surface area (TPSA) is 48.1 Å². The molecular formula is C21H29N3O. The molecule has 2 N–H and O–H groups in total. The van der Waals surface area contributed by atoms with E-state index in [1.807, 2.05) is 12.1 Å². The van der Waals surface area contributed by atoms with E-state index in [2.05, 4.69) is 42.2 Å². The predicted octanol–water partition coefficient (Wildman–Crippen LogP) is 3.51. The molecule has 134 valence electrons. The highest BCUT2D eigenvalue weighted by molar-refractivity contribution is 6.06. The maximum Gasteiger partial charge on any atom is 0.253 e. The summed E-state index contributed by atoms with van der Waals surface area (Å²) in [4.78, 5) is 18.7. The van der Waals surface area contributed by atoms with Gasteiger partial charge in [0.2, 0.25) is 0 Å². The molecule has 0 bridgehead atoms. The van der Waals surface area contributed by atoms with Crippen molar-refractivity contribution in [3.05, 3.63) is 35.0 Å². The van der Waals surface area contributed by atoms with Crippen LogP contribution in [0.4, 0.5) is 0 Å². The molecule has 1 aromatic heterocycles. The monoisotopic (exact) mass is 339 g/mol. The molecule has 1 fully saturated rings. The number of hydrogen-bond donors (Lipinski definition) is 2. The predicted molar refractivity (Wildman–Crippen MR) is 102 cm³/mol. The van der Waals surface area contributed by atoms with Crippen LogP contribution >= 0.6 is 0 Å². The Bertz CT molecular complexity index is 790. The van der Waals surface area contributed by atoms with Gasteiger partial charge in [-0.2, -0.15) is 0 Å². The van der Waals surface area contributed by atoms with Gasteiger partial charge < -0.3 is 10.3 Å².